The second-order valence-electron chi connectivity index (χ2n) is 10.1. The summed E-state index contributed by atoms with van der Waals surface area (Å²) in [6, 6.07) is 3.68. The van der Waals surface area contributed by atoms with Crippen LogP contribution in [0.4, 0.5) is 0 Å². The van der Waals surface area contributed by atoms with Crippen LogP contribution in [0.15, 0.2) is 16.3 Å². The van der Waals surface area contributed by atoms with E-state index in [2.05, 4.69) is 12.2 Å². The van der Waals surface area contributed by atoms with Gasteiger partial charge in [0.2, 0.25) is 5.91 Å². The summed E-state index contributed by atoms with van der Waals surface area (Å²) in [6.45, 7) is 3.42. The number of rotatable bonds is 6. The van der Waals surface area contributed by atoms with Crippen LogP contribution < -0.4 is 5.32 Å². The fourth-order valence-corrected chi connectivity index (χ4v) is 9.99. The lowest BCUT2D eigenvalue weighted by molar-refractivity contribution is -0.125. The third-order valence-electron chi connectivity index (χ3n) is 8.01. The first-order chi connectivity index (χ1) is 13.8. The van der Waals surface area contributed by atoms with Crippen molar-refractivity contribution in [3.05, 3.63) is 17.0 Å². The van der Waals surface area contributed by atoms with Crippen LogP contribution in [0.25, 0.3) is 0 Å². The van der Waals surface area contributed by atoms with Crippen molar-refractivity contribution in [3.63, 3.8) is 0 Å². The molecule has 1 amide bonds. The Labute approximate surface area is 178 Å². The zero-order valence-electron chi connectivity index (χ0n) is 17.2. The predicted octanol–water partition coefficient (Wildman–Crippen LogP) is 3.80. The molecular formula is C22H32N2O3S2. The van der Waals surface area contributed by atoms with Gasteiger partial charge in [-0.3, -0.25) is 4.79 Å². The highest BCUT2D eigenvalue weighted by Crippen LogP contribution is 2.61. The molecule has 2 heterocycles. The Balaban J connectivity index is 1.22. The molecule has 5 nitrogen and oxygen atoms in total. The van der Waals surface area contributed by atoms with E-state index in [1.165, 1.54) is 49.9 Å². The van der Waals surface area contributed by atoms with Gasteiger partial charge in [0.05, 0.1) is 6.42 Å². The van der Waals surface area contributed by atoms with Crippen molar-refractivity contribution in [2.24, 2.45) is 23.2 Å². The summed E-state index contributed by atoms with van der Waals surface area (Å²) in [6.07, 6.45) is 10.2. The normalized spacial score (nSPS) is 35.1. The number of hydrogen-bond acceptors (Lipinski definition) is 4. The van der Waals surface area contributed by atoms with Crippen molar-refractivity contribution >= 4 is 27.3 Å². The summed E-state index contributed by atoms with van der Waals surface area (Å²) in [5, 5.41) is 3.30. The van der Waals surface area contributed by atoms with E-state index < -0.39 is 10.0 Å². The van der Waals surface area contributed by atoms with Gasteiger partial charge in [0.1, 0.15) is 4.21 Å². The summed E-state index contributed by atoms with van der Waals surface area (Å²) in [4.78, 5) is 13.6. The van der Waals surface area contributed by atoms with Crippen LogP contribution in [0.1, 0.15) is 63.2 Å². The number of hydrogen-bond donors (Lipinski definition) is 1. The maximum absolute atomic E-state index is 12.8. The van der Waals surface area contributed by atoms with Crippen LogP contribution in [0.5, 0.6) is 0 Å². The molecular weight excluding hydrogens is 404 g/mol. The van der Waals surface area contributed by atoms with Gasteiger partial charge in [-0.2, -0.15) is 4.31 Å². The number of carbonyl (C=O) groups excluding carboxylic acids is 1. The van der Waals surface area contributed by atoms with E-state index in [0.29, 0.717) is 22.7 Å². The van der Waals surface area contributed by atoms with Crippen molar-refractivity contribution in [2.45, 2.75) is 75.0 Å². The monoisotopic (exact) mass is 436 g/mol. The standard InChI is InChI=1S/C22H32N2O3S2/c1-15(22-12-16-8-17(13-22)10-18(9-16)14-22)23-20(25)11-19-4-5-21(28-19)29(26,27)24-6-2-3-7-24/h4-5,15-18H,2-3,6-14H2,1H3,(H,23,25). The van der Waals surface area contributed by atoms with E-state index in [1.807, 2.05) is 6.07 Å². The summed E-state index contributed by atoms with van der Waals surface area (Å²) in [5.41, 5.74) is 0.296. The second kappa shape index (κ2) is 7.34. The van der Waals surface area contributed by atoms with Gasteiger partial charge in [-0.15, -0.1) is 11.3 Å². The van der Waals surface area contributed by atoms with Gasteiger partial charge >= 0.3 is 0 Å². The topological polar surface area (TPSA) is 66.5 Å². The van der Waals surface area contributed by atoms with Crippen molar-refractivity contribution in [3.8, 4) is 0 Å². The van der Waals surface area contributed by atoms with Gasteiger partial charge in [0.15, 0.2) is 0 Å². The largest absolute Gasteiger partial charge is 0.353 e. The summed E-state index contributed by atoms with van der Waals surface area (Å²) in [7, 11) is -3.39. The Kier molecular flexibility index (Phi) is 5.07. The smallest absolute Gasteiger partial charge is 0.252 e. The fraction of sp³-hybridized carbons (Fsp3) is 0.773. The Morgan fingerprint density at radius 2 is 1.72 bits per heavy atom. The molecule has 1 aliphatic heterocycles. The molecule has 1 N–H and O–H groups in total. The van der Waals surface area contributed by atoms with Crippen molar-refractivity contribution in [1.82, 2.24) is 9.62 Å². The molecule has 7 heteroatoms. The highest BCUT2D eigenvalue weighted by Gasteiger charge is 2.53. The summed E-state index contributed by atoms with van der Waals surface area (Å²) in [5.74, 6) is 2.64. The molecule has 4 bridgehead atoms. The molecule has 1 unspecified atom stereocenters. The van der Waals surface area contributed by atoms with E-state index in [9.17, 15) is 13.2 Å². The van der Waals surface area contributed by atoms with Crippen molar-refractivity contribution in [1.29, 1.82) is 0 Å². The molecule has 1 aromatic rings. The Hall–Kier alpha value is -0.920. The van der Waals surface area contributed by atoms with Crippen molar-refractivity contribution in [2.75, 3.05) is 13.1 Å². The SMILES string of the molecule is CC(NC(=O)Cc1ccc(S(=O)(=O)N2CCCC2)s1)C12CC3CC(CC(C3)C1)C2. The first-order valence-corrected chi connectivity index (χ1v) is 13.5. The maximum Gasteiger partial charge on any atom is 0.252 e. The molecule has 4 aliphatic carbocycles. The molecule has 0 aromatic carbocycles. The molecule has 29 heavy (non-hydrogen) atoms. The lowest BCUT2D eigenvalue weighted by Gasteiger charge is -2.59. The lowest BCUT2D eigenvalue weighted by Crippen LogP contribution is -2.56. The third kappa shape index (κ3) is 3.68. The van der Waals surface area contributed by atoms with E-state index in [4.69, 9.17) is 0 Å². The number of nitrogens with one attached hydrogen (secondary N) is 1. The van der Waals surface area contributed by atoms with E-state index in [1.54, 1.807) is 10.4 Å². The minimum atomic E-state index is -3.39. The van der Waals surface area contributed by atoms with Crippen LogP contribution in [0.2, 0.25) is 0 Å². The molecule has 1 atom stereocenters. The van der Waals surface area contributed by atoms with E-state index in [0.717, 1.165) is 35.5 Å². The average molecular weight is 437 g/mol. The number of thiophene rings is 1. The van der Waals surface area contributed by atoms with Gasteiger partial charge in [0.25, 0.3) is 10.0 Å². The second-order valence-corrected chi connectivity index (χ2v) is 13.4. The van der Waals surface area contributed by atoms with Gasteiger partial charge < -0.3 is 5.32 Å². The number of nitrogens with zero attached hydrogens (tertiary/aromatic N) is 1. The highest BCUT2D eigenvalue weighted by atomic mass is 32.2. The molecule has 5 fully saturated rings. The molecule has 5 aliphatic rings. The van der Waals surface area contributed by atoms with Gasteiger partial charge in [-0.25, -0.2) is 8.42 Å². The molecule has 0 spiro atoms. The molecule has 6 rings (SSSR count). The molecule has 1 saturated heterocycles. The van der Waals surface area contributed by atoms with Gasteiger partial charge in [0, 0.05) is 24.0 Å². The quantitative estimate of drug-likeness (QED) is 0.738. The first-order valence-electron chi connectivity index (χ1n) is 11.2. The van der Waals surface area contributed by atoms with E-state index >= 15 is 0 Å². The molecule has 160 valence electrons. The molecule has 4 saturated carbocycles. The van der Waals surface area contributed by atoms with Crippen LogP contribution in [0, 0.1) is 23.2 Å². The Morgan fingerprint density at radius 3 is 2.31 bits per heavy atom. The average Bonchev–Trinajstić information content (AvgIpc) is 3.33. The summed E-state index contributed by atoms with van der Waals surface area (Å²) >= 11 is 1.25. The zero-order valence-corrected chi connectivity index (χ0v) is 18.9. The van der Waals surface area contributed by atoms with Gasteiger partial charge in [-0.05, 0) is 93.6 Å². The third-order valence-corrected chi connectivity index (χ3v) is 11.5. The number of sulfonamides is 1. The Bertz CT molecular complexity index is 850. The molecule has 0 radical (unpaired) electrons. The van der Waals surface area contributed by atoms with E-state index in [-0.39, 0.29) is 18.4 Å². The van der Waals surface area contributed by atoms with Crippen molar-refractivity contribution < 1.29 is 13.2 Å². The van der Waals surface area contributed by atoms with Gasteiger partial charge in [-0.1, -0.05) is 0 Å². The molecule has 1 aromatic heterocycles. The van der Waals surface area contributed by atoms with Crippen LogP contribution in [-0.4, -0.2) is 37.8 Å². The predicted molar refractivity (Wildman–Crippen MR) is 114 cm³/mol. The van der Waals surface area contributed by atoms with Crippen LogP contribution in [-0.2, 0) is 21.2 Å². The minimum absolute atomic E-state index is 0.0280. The maximum atomic E-state index is 12.8. The van der Waals surface area contributed by atoms with Crippen LogP contribution >= 0.6 is 11.3 Å². The minimum Gasteiger partial charge on any atom is -0.353 e. The first kappa shape index (κ1) is 20.0. The number of carbonyl (C=O) groups is 1. The Morgan fingerprint density at radius 1 is 1.14 bits per heavy atom. The van der Waals surface area contributed by atoms with Crippen LogP contribution in [0.3, 0.4) is 0 Å². The fourth-order valence-electron chi connectivity index (χ4n) is 6.96. The zero-order chi connectivity index (χ0) is 20.2. The summed E-state index contributed by atoms with van der Waals surface area (Å²) < 4.78 is 27.4. The number of amides is 1. The lowest BCUT2D eigenvalue weighted by atomic mass is 9.48. The highest BCUT2D eigenvalue weighted by molar-refractivity contribution is 7.91.